The van der Waals surface area contributed by atoms with E-state index in [0.29, 0.717) is 13.1 Å². The molecule has 1 fully saturated rings. The third kappa shape index (κ3) is 5.69. The van der Waals surface area contributed by atoms with E-state index in [1.54, 1.807) is 0 Å². The maximum atomic E-state index is 11.9. The highest BCUT2D eigenvalue weighted by Crippen LogP contribution is 2.25. The number of rotatable bonds is 5. The van der Waals surface area contributed by atoms with Gasteiger partial charge in [0.05, 0.1) is 5.54 Å². The van der Waals surface area contributed by atoms with Crippen LogP contribution in [0, 0.1) is 0 Å². The Morgan fingerprint density at radius 1 is 1.11 bits per heavy atom. The Kier molecular flexibility index (Phi) is 7.95. The quantitative estimate of drug-likeness (QED) is 0.647. The van der Waals surface area contributed by atoms with Crippen molar-refractivity contribution in [2.75, 3.05) is 13.1 Å². The van der Waals surface area contributed by atoms with Gasteiger partial charge in [0, 0.05) is 20.0 Å². The van der Waals surface area contributed by atoms with E-state index in [2.05, 4.69) is 10.6 Å². The Bertz CT molecular complexity index is 278. The van der Waals surface area contributed by atoms with Crippen LogP contribution >= 0.6 is 12.4 Å². The zero-order valence-corrected chi connectivity index (χ0v) is 11.8. The van der Waals surface area contributed by atoms with E-state index in [0.717, 1.165) is 32.1 Å². The minimum Gasteiger partial charge on any atom is -0.356 e. The van der Waals surface area contributed by atoms with Crippen molar-refractivity contribution in [3.8, 4) is 0 Å². The van der Waals surface area contributed by atoms with Gasteiger partial charge < -0.3 is 16.4 Å². The summed E-state index contributed by atoms with van der Waals surface area (Å²) in [6.07, 6.45) is 5.55. The summed E-state index contributed by atoms with van der Waals surface area (Å²) < 4.78 is 0. The predicted octanol–water partition coefficient (Wildman–Crippen LogP) is 0.712. The van der Waals surface area contributed by atoms with Crippen molar-refractivity contribution in [1.82, 2.24) is 10.6 Å². The number of hydrogen-bond donors (Lipinski definition) is 3. The first-order valence-electron chi connectivity index (χ1n) is 6.36. The number of nitrogens with two attached hydrogens (primary N) is 1. The van der Waals surface area contributed by atoms with E-state index < -0.39 is 5.54 Å². The van der Waals surface area contributed by atoms with Gasteiger partial charge in [-0.15, -0.1) is 12.4 Å². The summed E-state index contributed by atoms with van der Waals surface area (Å²) >= 11 is 0. The summed E-state index contributed by atoms with van der Waals surface area (Å²) in [5.41, 5.74) is 5.42. The van der Waals surface area contributed by atoms with Crippen LogP contribution in [0.15, 0.2) is 0 Å². The van der Waals surface area contributed by atoms with Crippen molar-refractivity contribution in [2.45, 2.75) is 51.0 Å². The van der Waals surface area contributed by atoms with Crippen LogP contribution in [0.4, 0.5) is 0 Å². The van der Waals surface area contributed by atoms with E-state index in [1.807, 2.05) is 0 Å². The van der Waals surface area contributed by atoms with Crippen LogP contribution < -0.4 is 16.4 Å². The molecule has 6 heteroatoms. The fraction of sp³-hybridized carbons (Fsp3) is 0.833. The van der Waals surface area contributed by atoms with E-state index in [-0.39, 0.29) is 24.2 Å². The molecule has 106 valence electrons. The molecular formula is C12H24ClN3O2. The molecule has 0 bridgehead atoms. The molecule has 0 saturated heterocycles. The molecule has 0 aliphatic heterocycles. The number of hydrogen-bond acceptors (Lipinski definition) is 3. The Morgan fingerprint density at radius 3 is 2.22 bits per heavy atom. The lowest BCUT2D eigenvalue weighted by Gasteiger charge is -2.31. The molecule has 0 aromatic rings. The fourth-order valence-corrected chi connectivity index (χ4v) is 2.14. The standard InChI is InChI=1S/C12H23N3O2.ClH/c1-10(16)14-8-5-9-15-11(17)12(13)6-3-2-4-7-12;/h2-9,13H2,1H3,(H,14,16)(H,15,17);1H. The highest BCUT2D eigenvalue weighted by molar-refractivity contribution is 5.86. The molecule has 0 aromatic carbocycles. The largest absolute Gasteiger partial charge is 0.356 e. The molecule has 0 radical (unpaired) electrons. The van der Waals surface area contributed by atoms with Gasteiger partial charge in [-0.2, -0.15) is 0 Å². The van der Waals surface area contributed by atoms with Gasteiger partial charge in [-0.05, 0) is 19.3 Å². The van der Waals surface area contributed by atoms with Gasteiger partial charge in [0.25, 0.3) is 0 Å². The average Bonchev–Trinajstić information content (AvgIpc) is 2.29. The van der Waals surface area contributed by atoms with Crippen molar-refractivity contribution in [2.24, 2.45) is 5.73 Å². The first-order valence-corrected chi connectivity index (χ1v) is 6.36. The third-order valence-corrected chi connectivity index (χ3v) is 3.21. The molecule has 5 nitrogen and oxygen atoms in total. The molecule has 1 aliphatic rings. The van der Waals surface area contributed by atoms with Gasteiger partial charge in [0.15, 0.2) is 0 Å². The maximum absolute atomic E-state index is 11.9. The van der Waals surface area contributed by atoms with Gasteiger partial charge in [0.2, 0.25) is 11.8 Å². The van der Waals surface area contributed by atoms with Gasteiger partial charge in [0.1, 0.15) is 0 Å². The topological polar surface area (TPSA) is 84.2 Å². The highest BCUT2D eigenvalue weighted by atomic mass is 35.5. The first-order chi connectivity index (χ1) is 8.04. The molecule has 1 rings (SSSR count). The Morgan fingerprint density at radius 2 is 1.67 bits per heavy atom. The minimum atomic E-state index is -0.660. The van der Waals surface area contributed by atoms with Crippen molar-refractivity contribution in [3.05, 3.63) is 0 Å². The summed E-state index contributed by atoms with van der Waals surface area (Å²) in [5.74, 6) is -0.0843. The number of carbonyl (C=O) groups excluding carboxylic acids is 2. The number of halogens is 1. The zero-order valence-electron chi connectivity index (χ0n) is 11.0. The Balaban J connectivity index is 0.00000289. The average molecular weight is 278 g/mol. The summed E-state index contributed by atoms with van der Waals surface area (Å²) in [4.78, 5) is 22.5. The van der Waals surface area contributed by atoms with Crippen LogP contribution in [0.25, 0.3) is 0 Å². The molecule has 4 N–H and O–H groups in total. The zero-order chi connectivity index (χ0) is 12.7. The van der Waals surface area contributed by atoms with Gasteiger partial charge in [-0.25, -0.2) is 0 Å². The van der Waals surface area contributed by atoms with Crippen LogP contribution in [0.2, 0.25) is 0 Å². The molecule has 1 saturated carbocycles. The van der Waals surface area contributed by atoms with E-state index >= 15 is 0 Å². The highest BCUT2D eigenvalue weighted by Gasteiger charge is 2.34. The summed E-state index contributed by atoms with van der Waals surface area (Å²) in [5, 5.41) is 5.54. The molecule has 0 aromatic heterocycles. The van der Waals surface area contributed by atoms with Crippen molar-refractivity contribution < 1.29 is 9.59 Å². The molecule has 0 heterocycles. The van der Waals surface area contributed by atoms with Crippen molar-refractivity contribution >= 4 is 24.2 Å². The van der Waals surface area contributed by atoms with Crippen LogP contribution in [-0.2, 0) is 9.59 Å². The molecule has 0 unspecified atom stereocenters. The number of nitrogens with one attached hydrogen (secondary N) is 2. The summed E-state index contributed by atoms with van der Waals surface area (Å²) in [6.45, 7) is 2.64. The Hall–Kier alpha value is -0.810. The number of carbonyl (C=O) groups is 2. The smallest absolute Gasteiger partial charge is 0.240 e. The molecule has 1 aliphatic carbocycles. The van der Waals surface area contributed by atoms with Gasteiger partial charge >= 0.3 is 0 Å². The molecule has 0 spiro atoms. The maximum Gasteiger partial charge on any atom is 0.240 e. The van der Waals surface area contributed by atoms with E-state index in [9.17, 15) is 9.59 Å². The molecule has 0 atom stereocenters. The van der Waals surface area contributed by atoms with Gasteiger partial charge in [-0.3, -0.25) is 9.59 Å². The lowest BCUT2D eigenvalue weighted by molar-refractivity contribution is -0.127. The lowest BCUT2D eigenvalue weighted by atomic mass is 9.82. The predicted molar refractivity (Wildman–Crippen MR) is 73.6 cm³/mol. The fourth-order valence-electron chi connectivity index (χ4n) is 2.14. The van der Waals surface area contributed by atoms with Crippen LogP contribution in [0.1, 0.15) is 45.4 Å². The van der Waals surface area contributed by atoms with Gasteiger partial charge in [-0.1, -0.05) is 19.3 Å². The third-order valence-electron chi connectivity index (χ3n) is 3.21. The van der Waals surface area contributed by atoms with Crippen LogP contribution in [0.5, 0.6) is 0 Å². The summed E-state index contributed by atoms with van der Waals surface area (Å²) in [6, 6.07) is 0. The summed E-state index contributed by atoms with van der Waals surface area (Å²) in [7, 11) is 0. The Labute approximate surface area is 115 Å². The van der Waals surface area contributed by atoms with E-state index in [1.165, 1.54) is 13.3 Å². The molecular weight excluding hydrogens is 254 g/mol. The second kappa shape index (κ2) is 8.32. The van der Waals surface area contributed by atoms with Crippen LogP contribution in [0.3, 0.4) is 0 Å². The lowest BCUT2D eigenvalue weighted by Crippen LogP contribution is -2.55. The van der Waals surface area contributed by atoms with Crippen molar-refractivity contribution in [1.29, 1.82) is 0 Å². The monoisotopic (exact) mass is 277 g/mol. The second-order valence-corrected chi connectivity index (χ2v) is 4.81. The van der Waals surface area contributed by atoms with Crippen molar-refractivity contribution in [3.63, 3.8) is 0 Å². The molecule has 18 heavy (non-hydrogen) atoms. The first kappa shape index (κ1) is 17.2. The van der Waals surface area contributed by atoms with Crippen LogP contribution in [-0.4, -0.2) is 30.4 Å². The second-order valence-electron chi connectivity index (χ2n) is 4.81. The molecule has 2 amide bonds. The minimum absolute atomic E-state index is 0. The normalized spacial score (nSPS) is 17.4. The number of amides is 2. The SMILES string of the molecule is CC(=O)NCCCNC(=O)C1(N)CCCCC1.Cl. The van der Waals surface area contributed by atoms with E-state index in [4.69, 9.17) is 5.73 Å².